The Hall–Kier alpha value is -2.30. The number of hydrogen-bond donors (Lipinski definition) is 2. The summed E-state index contributed by atoms with van der Waals surface area (Å²) in [6, 6.07) is 5.80. The van der Waals surface area contributed by atoms with Crippen molar-refractivity contribution in [3.63, 3.8) is 0 Å². The van der Waals surface area contributed by atoms with E-state index in [1.807, 2.05) is 0 Å². The van der Waals surface area contributed by atoms with E-state index in [0.717, 1.165) is 5.56 Å². The SMILES string of the molecule is O=c1c(O)cn(Cc2ccc(F)cc2)cc1O. The third-order valence-electron chi connectivity index (χ3n) is 2.32. The molecule has 0 saturated carbocycles. The summed E-state index contributed by atoms with van der Waals surface area (Å²) in [5, 5.41) is 18.5. The highest BCUT2D eigenvalue weighted by Gasteiger charge is 2.05. The van der Waals surface area contributed by atoms with Gasteiger partial charge in [-0.05, 0) is 17.7 Å². The molecular weight excluding hydrogens is 225 g/mol. The monoisotopic (exact) mass is 235 g/mol. The zero-order chi connectivity index (χ0) is 12.4. The minimum Gasteiger partial charge on any atom is -0.503 e. The lowest BCUT2D eigenvalue weighted by Gasteiger charge is -2.07. The number of aromatic nitrogens is 1. The van der Waals surface area contributed by atoms with Crippen LogP contribution < -0.4 is 5.43 Å². The molecular formula is C12H10FNO3. The van der Waals surface area contributed by atoms with Crippen molar-refractivity contribution in [3.05, 3.63) is 58.3 Å². The van der Waals surface area contributed by atoms with E-state index < -0.39 is 16.9 Å². The number of rotatable bonds is 2. The van der Waals surface area contributed by atoms with E-state index in [0.29, 0.717) is 6.54 Å². The molecule has 4 nitrogen and oxygen atoms in total. The number of pyridine rings is 1. The molecule has 2 rings (SSSR count). The standard InChI is InChI=1S/C12H10FNO3/c13-9-3-1-8(2-4-9)5-14-6-10(15)12(17)11(16)7-14/h1-4,6-7,15-16H,5H2. The quantitative estimate of drug-likeness (QED) is 0.828. The molecule has 88 valence electrons. The van der Waals surface area contributed by atoms with Crippen molar-refractivity contribution in [1.82, 2.24) is 4.57 Å². The molecule has 0 radical (unpaired) electrons. The molecule has 0 atom stereocenters. The zero-order valence-corrected chi connectivity index (χ0v) is 8.80. The fourth-order valence-corrected chi connectivity index (χ4v) is 1.49. The second-order valence-electron chi connectivity index (χ2n) is 3.66. The Bertz CT molecular complexity index is 563. The summed E-state index contributed by atoms with van der Waals surface area (Å²) >= 11 is 0. The predicted molar refractivity (Wildman–Crippen MR) is 59.5 cm³/mol. The van der Waals surface area contributed by atoms with Crippen molar-refractivity contribution < 1.29 is 14.6 Å². The largest absolute Gasteiger partial charge is 0.503 e. The van der Waals surface area contributed by atoms with E-state index in [4.69, 9.17) is 0 Å². The summed E-state index contributed by atoms with van der Waals surface area (Å²) in [5.74, 6) is -1.38. The second kappa shape index (κ2) is 4.29. The molecule has 0 bridgehead atoms. The fourth-order valence-electron chi connectivity index (χ4n) is 1.49. The van der Waals surface area contributed by atoms with Crippen LogP contribution in [-0.2, 0) is 6.54 Å². The molecule has 5 heteroatoms. The summed E-state index contributed by atoms with van der Waals surface area (Å²) in [6.07, 6.45) is 2.43. The third kappa shape index (κ3) is 2.44. The van der Waals surface area contributed by atoms with Crippen LogP contribution in [0.15, 0.2) is 41.5 Å². The lowest BCUT2D eigenvalue weighted by atomic mass is 10.2. The highest BCUT2D eigenvalue weighted by molar-refractivity contribution is 5.28. The first kappa shape index (κ1) is 11.2. The molecule has 0 fully saturated rings. The first-order valence-corrected chi connectivity index (χ1v) is 4.93. The van der Waals surface area contributed by atoms with Gasteiger partial charge < -0.3 is 14.8 Å². The Kier molecular flexibility index (Phi) is 2.82. The van der Waals surface area contributed by atoms with Crippen LogP contribution in [0.25, 0.3) is 0 Å². The van der Waals surface area contributed by atoms with Crippen LogP contribution in [0, 0.1) is 5.82 Å². The molecule has 0 unspecified atom stereocenters. The molecule has 0 aliphatic carbocycles. The van der Waals surface area contributed by atoms with E-state index in [9.17, 15) is 19.4 Å². The van der Waals surface area contributed by atoms with Crippen LogP contribution in [-0.4, -0.2) is 14.8 Å². The van der Waals surface area contributed by atoms with Crippen molar-refractivity contribution >= 4 is 0 Å². The average molecular weight is 235 g/mol. The number of halogens is 1. The average Bonchev–Trinajstić information content (AvgIpc) is 2.29. The van der Waals surface area contributed by atoms with Crippen LogP contribution >= 0.6 is 0 Å². The highest BCUT2D eigenvalue weighted by atomic mass is 19.1. The molecule has 1 aromatic heterocycles. The first-order valence-electron chi connectivity index (χ1n) is 4.93. The van der Waals surface area contributed by atoms with Crippen LogP contribution in [0.4, 0.5) is 4.39 Å². The topological polar surface area (TPSA) is 62.5 Å². The van der Waals surface area contributed by atoms with Crippen molar-refractivity contribution in [2.75, 3.05) is 0 Å². The number of benzene rings is 1. The molecule has 1 heterocycles. The van der Waals surface area contributed by atoms with Gasteiger partial charge in [0, 0.05) is 6.54 Å². The van der Waals surface area contributed by atoms with Crippen molar-refractivity contribution in [3.8, 4) is 11.5 Å². The van der Waals surface area contributed by atoms with E-state index >= 15 is 0 Å². The summed E-state index contributed by atoms with van der Waals surface area (Å²) in [7, 11) is 0. The third-order valence-corrected chi connectivity index (χ3v) is 2.32. The first-order chi connectivity index (χ1) is 8.06. The smallest absolute Gasteiger partial charge is 0.264 e. The van der Waals surface area contributed by atoms with Crippen LogP contribution in [0.2, 0.25) is 0 Å². The van der Waals surface area contributed by atoms with Crippen LogP contribution in [0.5, 0.6) is 11.5 Å². The molecule has 0 spiro atoms. The molecule has 2 aromatic rings. The Labute approximate surface area is 96.2 Å². The molecule has 0 saturated heterocycles. The number of hydrogen-bond acceptors (Lipinski definition) is 3. The van der Waals surface area contributed by atoms with Gasteiger partial charge in [-0.1, -0.05) is 12.1 Å². The zero-order valence-electron chi connectivity index (χ0n) is 8.80. The van der Waals surface area contributed by atoms with E-state index in [1.165, 1.54) is 29.1 Å². The summed E-state index contributed by atoms with van der Waals surface area (Å²) in [5.41, 5.74) is -0.0193. The van der Waals surface area contributed by atoms with Crippen molar-refractivity contribution in [2.24, 2.45) is 0 Å². The second-order valence-corrected chi connectivity index (χ2v) is 3.66. The predicted octanol–water partition coefficient (Wildman–Crippen LogP) is 1.45. The minimum atomic E-state index is -0.805. The summed E-state index contributed by atoms with van der Waals surface area (Å²) in [4.78, 5) is 11.1. The number of aromatic hydroxyl groups is 2. The maximum absolute atomic E-state index is 12.7. The van der Waals surface area contributed by atoms with Gasteiger partial charge in [0.15, 0.2) is 11.5 Å². The van der Waals surface area contributed by atoms with Gasteiger partial charge in [-0.3, -0.25) is 4.79 Å². The van der Waals surface area contributed by atoms with Crippen LogP contribution in [0.1, 0.15) is 5.56 Å². The highest BCUT2D eigenvalue weighted by Crippen LogP contribution is 2.11. The van der Waals surface area contributed by atoms with Crippen molar-refractivity contribution in [1.29, 1.82) is 0 Å². The molecule has 0 aliphatic heterocycles. The van der Waals surface area contributed by atoms with Gasteiger partial charge in [0.2, 0.25) is 0 Å². The Morgan fingerprint density at radius 3 is 2.12 bits per heavy atom. The molecule has 1 aromatic carbocycles. The Balaban J connectivity index is 2.30. The Morgan fingerprint density at radius 2 is 1.59 bits per heavy atom. The van der Waals surface area contributed by atoms with Gasteiger partial charge in [-0.25, -0.2) is 4.39 Å². The molecule has 0 aliphatic rings. The lowest BCUT2D eigenvalue weighted by Crippen LogP contribution is -2.07. The van der Waals surface area contributed by atoms with Crippen LogP contribution in [0.3, 0.4) is 0 Å². The lowest BCUT2D eigenvalue weighted by molar-refractivity contribution is 0.429. The Morgan fingerprint density at radius 1 is 1.06 bits per heavy atom. The fraction of sp³-hybridized carbons (Fsp3) is 0.0833. The van der Waals surface area contributed by atoms with Gasteiger partial charge in [0.05, 0.1) is 12.4 Å². The van der Waals surface area contributed by atoms with Gasteiger partial charge >= 0.3 is 0 Å². The summed E-state index contributed by atoms with van der Waals surface area (Å²) in [6.45, 7) is 0.321. The van der Waals surface area contributed by atoms with Gasteiger partial charge in [0.1, 0.15) is 5.82 Å². The van der Waals surface area contributed by atoms with Gasteiger partial charge in [-0.2, -0.15) is 0 Å². The van der Waals surface area contributed by atoms with Gasteiger partial charge in [0.25, 0.3) is 5.43 Å². The van der Waals surface area contributed by atoms with E-state index in [-0.39, 0.29) is 5.82 Å². The summed E-state index contributed by atoms with van der Waals surface area (Å²) < 4.78 is 14.1. The van der Waals surface area contributed by atoms with Gasteiger partial charge in [-0.15, -0.1) is 0 Å². The molecule has 17 heavy (non-hydrogen) atoms. The minimum absolute atomic E-state index is 0.321. The number of nitrogens with zero attached hydrogens (tertiary/aromatic N) is 1. The normalized spacial score (nSPS) is 10.4. The molecule has 0 amide bonds. The van der Waals surface area contributed by atoms with E-state index in [1.54, 1.807) is 12.1 Å². The maximum Gasteiger partial charge on any atom is 0.264 e. The molecule has 2 N–H and O–H groups in total. The maximum atomic E-state index is 12.7. The van der Waals surface area contributed by atoms with E-state index in [2.05, 4.69) is 0 Å². The van der Waals surface area contributed by atoms with Crippen molar-refractivity contribution in [2.45, 2.75) is 6.54 Å².